The van der Waals surface area contributed by atoms with Gasteiger partial charge in [0.05, 0.1) is 17.2 Å². The van der Waals surface area contributed by atoms with E-state index in [0.717, 1.165) is 21.5 Å². The van der Waals surface area contributed by atoms with Gasteiger partial charge in [0.15, 0.2) is 6.61 Å². The zero-order chi connectivity index (χ0) is 16.2. The zero-order valence-corrected chi connectivity index (χ0v) is 14.0. The van der Waals surface area contributed by atoms with E-state index in [4.69, 9.17) is 4.74 Å². The van der Waals surface area contributed by atoms with Crippen molar-refractivity contribution in [1.82, 2.24) is 9.88 Å². The molecule has 0 bridgehead atoms. The summed E-state index contributed by atoms with van der Waals surface area (Å²) in [5, 5.41) is 5.24. The standard InChI is InChI=1S/C18H18N2O2S/c1-13-19-16(12-23-13)10-20(2)18(21)11-22-17-8-7-14-5-3-4-6-15(14)9-17/h3-9,12H,10-11H2,1-2H3. The third kappa shape index (κ3) is 3.87. The summed E-state index contributed by atoms with van der Waals surface area (Å²) >= 11 is 1.59. The van der Waals surface area contributed by atoms with Gasteiger partial charge in [-0.3, -0.25) is 4.79 Å². The zero-order valence-electron chi connectivity index (χ0n) is 13.2. The first-order valence-electron chi connectivity index (χ1n) is 7.38. The third-order valence-electron chi connectivity index (χ3n) is 3.57. The maximum absolute atomic E-state index is 12.2. The van der Waals surface area contributed by atoms with E-state index in [9.17, 15) is 4.79 Å². The summed E-state index contributed by atoms with van der Waals surface area (Å²) < 4.78 is 5.63. The number of hydrogen-bond acceptors (Lipinski definition) is 4. The van der Waals surface area contributed by atoms with E-state index in [-0.39, 0.29) is 12.5 Å². The Kier molecular flexibility index (Phi) is 4.57. The second-order valence-corrected chi connectivity index (χ2v) is 6.47. The summed E-state index contributed by atoms with van der Waals surface area (Å²) in [6.07, 6.45) is 0. The molecule has 2 aromatic carbocycles. The largest absolute Gasteiger partial charge is 0.484 e. The first-order chi connectivity index (χ1) is 11.1. The number of aromatic nitrogens is 1. The molecule has 0 aliphatic carbocycles. The van der Waals surface area contributed by atoms with Gasteiger partial charge in [0, 0.05) is 12.4 Å². The number of benzene rings is 2. The van der Waals surface area contributed by atoms with Crippen LogP contribution in [0, 0.1) is 6.92 Å². The fourth-order valence-corrected chi connectivity index (χ4v) is 2.93. The number of carbonyl (C=O) groups is 1. The number of aryl methyl sites for hydroxylation is 1. The molecule has 23 heavy (non-hydrogen) atoms. The summed E-state index contributed by atoms with van der Waals surface area (Å²) in [4.78, 5) is 18.2. The fourth-order valence-electron chi connectivity index (χ4n) is 2.32. The number of nitrogens with zero attached hydrogens (tertiary/aromatic N) is 2. The SMILES string of the molecule is Cc1nc(CN(C)C(=O)COc2ccc3ccccc3c2)cs1. The van der Waals surface area contributed by atoms with Gasteiger partial charge in [-0.1, -0.05) is 30.3 Å². The normalized spacial score (nSPS) is 10.7. The third-order valence-corrected chi connectivity index (χ3v) is 4.40. The van der Waals surface area contributed by atoms with E-state index in [0.29, 0.717) is 12.3 Å². The van der Waals surface area contributed by atoms with E-state index >= 15 is 0 Å². The first-order valence-corrected chi connectivity index (χ1v) is 8.26. The molecule has 1 amide bonds. The molecule has 118 valence electrons. The van der Waals surface area contributed by atoms with Gasteiger partial charge in [-0.15, -0.1) is 11.3 Å². The van der Waals surface area contributed by atoms with Gasteiger partial charge in [-0.25, -0.2) is 4.98 Å². The van der Waals surface area contributed by atoms with E-state index < -0.39 is 0 Å². The molecule has 0 unspecified atom stereocenters. The Morgan fingerprint density at radius 1 is 1.22 bits per heavy atom. The van der Waals surface area contributed by atoms with Gasteiger partial charge in [-0.05, 0) is 29.8 Å². The molecule has 0 aliphatic heterocycles. The highest BCUT2D eigenvalue weighted by Crippen LogP contribution is 2.20. The van der Waals surface area contributed by atoms with Crippen molar-refractivity contribution >= 4 is 28.0 Å². The summed E-state index contributed by atoms with van der Waals surface area (Å²) in [7, 11) is 1.76. The maximum atomic E-state index is 12.2. The lowest BCUT2D eigenvalue weighted by Gasteiger charge is -2.16. The van der Waals surface area contributed by atoms with E-state index in [1.165, 1.54) is 0 Å². The van der Waals surface area contributed by atoms with Gasteiger partial charge < -0.3 is 9.64 Å². The van der Waals surface area contributed by atoms with Crippen molar-refractivity contribution in [2.75, 3.05) is 13.7 Å². The molecule has 3 aromatic rings. The number of thiazole rings is 1. The van der Waals surface area contributed by atoms with Crippen LogP contribution in [0.4, 0.5) is 0 Å². The molecule has 0 atom stereocenters. The van der Waals surface area contributed by atoms with Crippen LogP contribution in [0.2, 0.25) is 0 Å². The minimum Gasteiger partial charge on any atom is -0.484 e. The lowest BCUT2D eigenvalue weighted by Crippen LogP contribution is -2.31. The van der Waals surface area contributed by atoms with Crippen LogP contribution >= 0.6 is 11.3 Å². The Labute approximate surface area is 139 Å². The predicted octanol–water partition coefficient (Wildman–Crippen LogP) is 3.64. The van der Waals surface area contributed by atoms with Crippen LogP contribution in [0.5, 0.6) is 5.75 Å². The molecule has 0 saturated heterocycles. The fraction of sp³-hybridized carbons (Fsp3) is 0.222. The van der Waals surface area contributed by atoms with Gasteiger partial charge in [0.1, 0.15) is 5.75 Å². The number of ether oxygens (including phenoxy) is 1. The summed E-state index contributed by atoms with van der Waals surface area (Å²) in [6, 6.07) is 13.9. The molecule has 0 radical (unpaired) electrons. The summed E-state index contributed by atoms with van der Waals surface area (Å²) in [5.41, 5.74) is 0.911. The summed E-state index contributed by atoms with van der Waals surface area (Å²) in [6.45, 7) is 2.49. The Balaban J connectivity index is 1.58. The minimum atomic E-state index is -0.0659. The van der Waals surface area contributed by atoms with Crippen molar-refractivity contribution < 1.29 is 9.53 Å². The smallest absolute Gasteiger partial charge is 0.260 e. The van der Waals surface area contributed by atoms with Crippen molar-refractivity contribution in [2.24, 2.45) is 0 Å². The van der Waals surface area contributed by atoms with Crippen molar-refractivity contribution in [1.29, 1.82) is 0 Å². The predicted molar refractivity (Wildman–Crippen MR) is 92.8 cm³/mol. The molecule has 3 rings (SSSR count). The van der Waals surface area contributed by atoms with E-state index in [2.05, 4.69) is 4.98 Å². The van der Waals surface area contributed by atoms with Crippen LogP contribution in [0.3, 0.4) is 0 Å². The maximum Gasteiger partial charge on any atom is 0.260 e. The van der Waals surface area contributed by atoms with Gasteiger partial charge >= 0.3 is 0 Å². The molecule has 0 N–H and O–H groups in total. The van der Waals surface area contributed by atoms with Crippen LogP contribution in [0.15, 0.2) is 47.8 Å². The molecule has 0 aliphatic rings. The lowest BCUT2D eigenvalue weighted by molar-refractivity contribution is -0.132. The van der Waals surface area contributed by atoms with E-state index in [1.54, 1.807) is 23.3 Å². The van der Waals surface area contributed by atoms with Gasteiger partial charge in [0.2, 0.25) is 0 Å². The molecular formula is C18H18N2O2S. The van der Waals surface area contributed by atoms with E-state index in [1.807, 2.05) is 54.8 Å². The Bertz CT molecular complexity index is 829. The molecule has 0 spiro atoms. The van der Waals surface area contributed by atoms with Crippen molar-refractivity contribution in [3.8, 4) is 5.75 Å². The van der Waals surface area contributed by atoms with Gasteiger partial charge in [-0.2, -0.15) is 0 Å². The van der Waals surface area contributed by atoms with Crippen molar-refractivity contribution in [3.05, 3.63) is 58.5 Å². The molecule has 0 fully saturated rings. The topological polar surface area (TPSA) is 42.4 Å². The molecule has 1 aromatic heterocycles. The Morgan fingerprint density at radius 2 is 2.00 bits per heavy atom. The highest BCUT2D eigenvalue weighted by Gasteiger charge is 2.12. The Hall–Kier alpha value is -2.40. The number of amides is 1. The molecule has 5 heteroatoms. The van der Waals surface area contributed by atoms with Crippen LogP contribution < -0.4 is 4.74 Å². The van der Waals surface area contributed by atoms with Crippen LogP contribution in [-0.2, 0) is 11.3 Å². The van der Waals surface area contributed by atoms with Crippen LogP contribution in [-0.4, -0.2) is 29.4 Å². The number of fused-ring (bicyclic) bond motifs is 1. The average Bonchev–Trinajstić information content (AvgIpc) is 2.97. The number of rotatable bonds is 5. The summed E-state index contributed by atoms with van der Waals surface area (Å²) in [5.74, 6) is 0.638. The molecular weight excluding hydrogens is 308 g/mol. The van der Waals surface area contributed by atoms with Crippen molar-refractivity contribution in [3.63, 3.8) is 0 Å². The average molecular weight is 326 g/mol. The minimum absolute atomic E-state index is 0.0258. The highest BCUT2D eigenvalue weighted by atomic mass is 32.1. The lowest BCUT2D eigenvalue weighted by atomic mass is 10.1. The first kappa shape index (κ1) is 15.5. The van der Waals surface area contributed by atoms with Gasteiger partial charge in [0.25, 0.3) is 5.91 Å². The number of likely N-dealkylation sites (N-methyl/N-ethyl adjacent to an activating group) is 1. The van der Waals surface area contributed by atoms with Crippen LogP contribution in [0.25, 0.3) is 10.8 Å². The quantitative estimate of drug-likeness (QED) is 0.719. The second kappa shape index (κ2) is 6.79. The molecule has 4 nitrogen and oxygen atoms in total. The van der Waals surface area contributed by atoms with Crippen LogP contribution in [0.1, 0.15) is 10.7 Å². The Morgan fingerprint density at radius 3 is 2.74 bits per heavy atom. The second-order valence-electron chi connectivity index (χ2n) is 5.41. The number of hydrogen-bond donors (Lipinski definition) is 0. The van der Waals surface area contributed by atoms with Crippen molar-refractivity contribution in [2.45, 2.75) is 13.5 Å². The molecule has 1 heterocycles. The highest BCUT2D eigenvalue weighted by molar-refractivity contribution is 7.09. The monoisotopic (exact) mass is 326 g/mol. The molecule has 0 saturated carbocycles. The number of carbonyl (C=O) groups excluding carboxylic acids is 1.